The average Bonchev–Trinajstić information content (AvgIpc) is 3.04. The molecule has 5 nitrogen and oxygen atoms in total. The maximum Gasteiger partial charge on any atom is 0.445 e. The van der Waals surface area contributed by atoms with Crippen LogP contribution >= 0.6 is 11.3 Å². The van der Waals surface area contributed by atoms with Crippen LogP contribution in [-0.4, -0.2) is 26.7 Å². The third kappa shape index (κ3) is 3.16. The van der Waals surface area contributed by atoms with Crippen LogP contribution in [0.3, 0.4) is 0 Å². The lowest BCUT2D eigenvalue weighted by molar-refractivity contribution is -0.138. The molecule has 2 heterocycles. The summed E-state index contributed by atoms with van der Waals surface area (Å²) in [5.74, 6) is 0.239. The van der Waals surface area contributed by atoms with Gasteiger partial charge in [-0.15, -0.1) is 10.2 Å². The molecule has 0 aliphatic rings. The Morgan fingerprint density at radius 3 is 2.77 bits per heavy atom. The van der Waals surface area contributed by atoms with Gasteiger partial charge in [0, 0.05) is 13.0 Å². The number of imidazole rings is 1. The molecule has 0 unspecified atom stereocenters. The van der Waals surface area contributed by atoms with Crippen molar-refractivity contribution in [3.63, 3.8) is 0 Å². The van der Waals surface area contributed by atoms with Crippen molar-refractivity contribution in [2.24, 2.45) is 0 Å². The standard InChI is InChI=1S/C12H9F4N5S/c13-6-1-2-7-8(5-6)19-9(18-7)3-4-17-11-21-20-10(22-11)12(14,15)16/h1-2,5H,3-4H2,(H,17,21)(H,18,19). The molecule has 0 fully saturated rings. The third-order valence-electron chi connectivity index (χ3n) is 2.80. The summed E-state index contributed by atoms with van der Waals surface area (Å²) in [4.78, 5) is 7.20. The highest BCUT2D eigenvalue weighted by Crippen LogP contribution is 2.32. The number of halogens is 4. The summed E-state index contributed by atoms with van der Waals surface area (Å²) in [6.07, 6.45) is -4.06. The SMILES string of the molecule is Fc1ccc2nc(CCNc3nnc(C(F)(F)F)s3)[nH]c2c1. The van der Waals surface area contributed by atoms with Crippen molar-refractivity contribution >= 4 is 27.5 Å². The third-order valence-corrected chi connectivity index (χ3v) is 3.72. The summed E-state index contributed by atoms with van der Waals surface area (Å²) in [6.45, 7) is 0.328. The number of rotatable bonds is 4. The van der Waals surface area contributed by atoms with Crippen molar-refractivity contribution in [1.82, 2.24) is 20.2 Å². The number of aromatic nitrogens is 4. The van der Waals surface area contributed by atoms with Gasteiger partial charge in [0.1, 0.15) is 11.6 Å². The number of nitrogens with one attached hydrogen (secondary N) is 2. The second-order valence-corrected chi connectivity index (χ2v) is 5.41. The van der Waals surface area contributed by atoms with Crippen molar-refractivity contribution in [3.05, 3.63) is 34.8 Å². The first-order valence-electron chi connectivity index (χ1n) is 6.20. The monoisotopic (exact) mass is 331 g/mol. The fourth-order valence-corrected chi connectivity index (χ4v) is 2.49. The number of nitrogens with zero attached hydrogens (tertiary/aromatic N) is 3. The van der Waals surface area contributed by atoms with Gasteiger partial charge in [-0.1, -0.05) is 11.3 Å². The minimum Gasteiger partial charge on any atom is -0.360 e. The topological polar surface area (TPSA) is 66.5 Å². The van der Waals surface area contributed by atoms with Gasteiger partial charge >= 0.3 is 6.18 Å². The molecule has 10 heteroatoms. The quantitative estimate of drug-likeness (QED) is 0.721. The molecule has 0 saturated carbocycles. The summed E-state index contributed by atoms with van der Waals surface area (Å²) < 4.78 is 50.2. The van der Waals surface area contributed by atoms with Crippen LogP contribution in [0.1, 0.15) is 10.8 Å². The van der Waals surface area contributed by atoms with E-state index in [-0.39, 0.29) is 10.9 Å². The molecule has 116 valence electrons. The molecular weight excluding hydrogens is 322 g/mol. The predicted octanol–water partition coefficient (Wildman–Crippen LogP) is 3.23. The Morgan fingerprint density at radius 2 is 2.05 bits per heavy atom. The zero-order valence-corrected chi connectivity index (χ0v) is 11.7. The van der Waals surface area contributed by atoms with Gasteiger partial charge in [0.15, 0.2) is 0 Å². The number of hydrogen-bond acceptors (Lipinski definition) is 5. The van der Waals surface area contributed by atoms with Crippen molar-refractivity contribution in [1.29, 1.82) is 0 Å². The van der Waals surface area contributed by atoms with E-state index in [1.807, 2.05) is 0 Å². The lowest BCUT2D eigenvalue weighted by atomic mass is 10.3. The van der Waals surface area contributed by atoms with Gasteiger partial charge in [0.2, 0.25) is 10.1 Å². The zero-order chi connectivity index (χ0) is 15.7. The first kappa shape index (κ1) is 14.7. The molecule has 3 rings (SSSR count). The van der Waals surface area contributed by atoms with Crippen molar-refractivity contribution < 1.29 is 17.6 Å². The number of anilines is 1. The first-order valence-corrected chi connectivity index (χ1v) is 7.02. The van der Waals surface area contributed by atoms with Crippen LogP contribution < -0.4 is 5.32 Å². The highest BCUT2D eigenvalue weighted by atomic mass is 32.1. The lowest BCUT2D eigenvalue weighted by Crippen LogP contribution is -2.05. The predicted molar refractivity (Wildman–Crippen MR) is 73.2 cm³/mol. The summed E-state index contributed by atoms with van der Waals surface area (Å²) in [7, 11) is 0. The Hall–Kier alpha value is -2.23. The van der Waals surface area contributed by atoms with Crippen molar-refractivity contribution in [2.75, 3.05) is 11.9 Å². The Labute approximate surface area is 125 Å². The number of benzene rings is 1. The van der Waals surface area contributed by atoms with E-state index in [0.717, 1.165) is 0 Å². The number of aromatic amines is 1. The van der Waals surface area contributed by atoms with E-state index in [9.17, 15) is 17.6 Å². The van der Waals surface area contributed by atoms with Crippen LogP contribution in [0.4, 0.5) is 22.7 Å². The molecule has 0 spiro atoms. The number of H-pyrrole nitrogens is 1. The molecule has 0 bridgehead atoms. The summed E-state index contributed by atoms with van der Waals surface area (Å²) in [5, 5.41) is 8.35. The summed E-state index contributed by atoms with van der Waals surface area (Å²) >= 11 is 0.443. The minimum atomic E-state index is -4.49. The van der Waals surface area contributed by atoms with E-state index in [4.69, 9.17) is 0 Å². The molecule has 0 aliphatic heterocycles. The van der Waals surface area contributed by atoms with Gasteiger partial charge < -0.3 is 10.3 Å². The smallest absolute Gasteiger partial charge is 0.360 e. The zero-order valence-electron chi connectivity index (χ0n) is 10.9. The van der Waals surface area contributed by atoms with Gasteiger partial charge in [-0.25, -0.2) is 9.37 Å². The molecule has 0 atom stereocenters. The van der Waals surface area contributed by atoms with Crippen LogP contribution in [0.5, 0.6) is 0 Å². The second kappa shape index (κ2) is 5.52. The van der Waals surface area contributed by atoms with Gasteiger partial charge in [0.05, 0.1) is 11.0 Å². The van der Waals surface area contributed by atoms with Gasteiger partial charge in [-0.3, -0.25) is 0 Å². The van der Waals surface area contributed by atoms with Crippen molar-refractivity contribution in [2.45, 2.75) is 12.6 Å². The van der Waals surface area contributed by atoms with Crippen LogP contribution in [-0.2, 0) is 12.6 Å². The molecule has 2 aromatic heterocycles. The molecule has 2 N–H and O–H groups in total. The fourth-order valence-electron chi connectivity index (χ4n) is 1.85. The second-order valence-electron chi connectivity index (χ2n) is 4.43. The van der Waals surface area contributed by atoms with Crippen LogP contribution in [0, 0.1) is 5.82 Å². The number of hydrogen-bond donors (Lipinski definition) is 2. The Balaban J connectivity index is 1.61. The number of alkyl halides is 3. The first-order chi connectivity index (χ1) is 10.4. The summed E-state index contributed by atoms with van der Waals surface area (Å²) in [5.41, 5.74) is 1.21. The normalized spacial score (nSPS) is 12.0. The van der Waals surface area contributed by atoms with Gasteiger partial charge in [-0.05, 0) is 18.2 Å². The van der Waals surface area contributed by atoms with Crippen molar-refractivity contribution in [3.8, 4) is 0 Å². The molecule has 1 aromatic carbocycles. The fraction of sp³-hybridized carbons (Fsp3) is 0.250. The van der Waals surface area contributed by atoms with Crippen LogP contribution in [0.2, 0.25) is 0 Å². The molecule has 3 aromatic rings. The number of fused-ring (bicyclic) bond motifs is 1. The average molecular weight is 331 g/mol. The Kier molecular flexibility index (Phi) is 3.69. The van der Waals surface area contributed by atoms with Crippen LogP contribution in [0.25, 0.3) is 11.0 Å². The van der Waals surface area contributed by atoms with E-state index >= 15 is 0 Å². The summed E-state index contributed by atoms with van der Waals surface area (Å²) in [6, 6.07) is 4.20. The van der Waals surface area contributed by atoms with Gasteiger partial charge in [-0.2, -0.15) is 13.2 Å². The molecule has 0 saturated heterocycles. The van der Waals surface area contributed by atoms with E-state index in [2.05, 4.69) is 25.5 Å². The van der Waals surface area contributed by atoms with Gasteiger partial charge in [0.25, 0.3) is 0 Å². The van der Waals surface area contributed by atoms with E-state index < -0.39 is 11.2 Å². The molecule has 0 amide bonds. The lowest BCUT2D eigenvalue weighted by Gasteiger charge is -1.99. The highest BCUT2D eigenvalue weighted by molar-refractivity contribution is 7.15. The Morgan fingerprint density at radius 1 is 1.23 bits per heavy atom. The maximum absolute atomic E-state index is 13.1. The largest absolute Gasteiger partial charge is 0.445 e. The molecular formula is C12H9F4N5S. The van der Waals surface area contributed by atoms with Crippen LogP contribution in [0.15, 0.2) is 18.2 Å². The Bertz CT molecular complexity index is 794. The van der Waals surface area contributed by atoms with E-state index in [0.29, 0.717) is 41.2 Å². The molecule has 0 radical (unpaired) electrons. The highest BCUT2D eigenvalue weighted by Gasteiger charge is 2.35. The van der Waals surface area contributed by atoms with E-state index in [1.54, 1.807) is 6.07 Å². The molecule has 0 aliphatic carbocycles. The minimum absolute atomic E-state index is 0.0921. The molecule has 22 heavy (non-hydrogen) atoms. The maximum atomic E-state index is 13.1. The van der Waals surface area contributed by atoms with E-state index in [1.165, 1.54) is 12.1 Å².